The van der Waals surface area contributed by atoms with E-state index in [1.54, 1.807) is 0 Å². The van der Waals surface area contributed by atoms with Crippen molar-refractivity contribution in [3.05, 3.63) is 59.7 Å². The van der Waals surface area contributed by atoms with Gasteiger partial charge in [-0.05, 0) is 56.2 Å². The summed E-state index contributed by atoms with van der Waals surface area (Å²) in [5.74, 6) is -1.80. The highest BCUT2D eigenvalue weighted by Crippen LogP contribution is 2.44. The first-order valence-corrected chi connectivity index (χ1v) is 10.6. The molecule has 1 aliphatic carbocycles. The maximum atomic E-state index is 12.6. The molecule has 2 atom stereocenters. The van der Waals surface area contributed by atoms with Gasteiger partial charge < -0.3 is 25.4 Å². The van der Waals surface area contributed by atoms with Gasteiger partial charge in [0.2, 0.25) is 5.91 Å². The summed E-state index contributed by atoms with van der Waals surface area (Å²) < 4.78 is 5.52. The zero-order valence-electron chi connectivity index (χ0n) is 18.5. The van der Waals surface area contributed by atoms with Gasteiger partial charge in [-0.15, -0.1) is 0 Å². The van der Waals surface area contributed by atoms with Crippen molar-refractivity contribution < 1.29 is 24.2 Å². The van der Waals surface area contributed by atoms with Crippen molar-refractivity contribution >= 4 is 18.0 Å². The summed E-state index contributed by atoms with van der Waals surface area (Å²) in [6, 6.07) is 14.1. The van der Waals surface area contributed by atoms with Crippen molar-refractivity contribution in [3.63, 3.8) is 0 Å². The van der Waals surface area contributed by atoms with Gasteiger partial charge in [-0.2, -0.15) is 0 Å². The molecule has 8 heteroatoms. The SMILES string of the molecule is C[C@H](NC(=O)C(CCN(C)C)NC(=O)OCC1c2ccccc2-c2ccccc21)C(=O)O. The summed E-state index contributed by atoms with van der Waals surface area (Å²) in [5, 5.41) is 14.0. The van der Waals surface area contributed by atoms with Gasteiger partial charge in [-0.25, -0.2) is 4.79 Å². The molecular weight excluding hydrogens is 410 g/mol. The predicted octanol–water partition coefficient (Wildman–Crippen LogP) is 2.43. The lowest BCUT2D eigenvalue weighted by molar-refractivity contribution is -0.141. The molecule has 2 aromatic carbocycles. The maximum Gasteiger partial charge on any atom is 0.407 e. The highest BCUT2D eigenvalue weighted by molar-refractivity contribution is 5.89. The predicted molar refractivity (Wildman–Crippen MR) is 120 cm³/mol. The molecule has 0 bridgehead atoms. The van der Waals surface area contributed by atoms with Crippen LogP contribution in [0.3, 0.4) is 0 Å². The number of nitrogens with one attached hydrogen (secondary N) is 2. The van der Waals surface area contributed by atoms with Gasteiger partial charge in [-0.3, -0.25) is 9.59 Å². The Balaban J connectivity index is 1.66. The number of aliphatic carboxylic acids is 1. The number of hydrogen-bond acceptors (Lipinski definition) is 5. The molecule has 1 unspecified atom stereocenters. The second-order valence-corrected chi connectivity index (χ2v) is 8.18. The molecule has 0 saturated carbocycles. The number of nitrogens with zero attached hydrogens (tertiary/aromatic N) is 1. The summed E-state index contributed by atoms with van der Waals surface area (Å²) in [7, 11) is 3.70. The van der Waals surface area contributed by atoms with Crippen LogP contribution >= 0.6 is 0 Å². The third-order valence-corrected chi connectivity index (χ3v) is 5.55. The van der Waals surface area contributed by atoms with Crippen LogP contribution < -0.4 is 10.6 Å². The molecule has 0 heterocycles. The van der Waals surface area contributed by atoms with Crippen molar-refractivity contribution in [2.75, 3.05) is 27.2 Å². The van der Waals surface area contributed by atoms with E-state index >= 15 is 0 Å². The topological polar surface area (TPSA) is 108 Å². The molecule has 32 heavy (non-hydrogen) atoms. The fraction of sp³-hybridized carbons (Fsp3) is 0.375. The van der Waals surface area contributed by atoms with Gasteiger partial charge in [0.15, 0.2) is 0 Å². The fourth-order valence-corrected chi connectivity index (χ4v) is 3.81. The standard InChI is InChI=1S/C24H29N3O5/c1-15(23(29)30)25-22(28)21(12-13-27(2)3)26-24(31)32-14-20-18-10-6-4-8-16(18)17-9-5-7-11-19(17)20/h4-11,15,20-21H,12-14H2,1-3H3,(H,25,28)(H,26,31)(H,29,30)/t15-,21?/m0/s1. The van der Waals surface area contributed by atoms with Crippen molar-refractivity contribution in [2.45, 2.75) is 31.3 Å². The number of hydrogen-bond donors (Lipinski definition) is 3. The first-order valence-electron chi connectivity index (χ1n) is 10.6. The van der Waals surface area contributed by atoms with Crippen molar-refractivity contribution in [1.29, 1.82) is 0 Å². The third kappa shape index (κ3) is 5.45. The van der Waals surface area contributed by atoms with Crippen LogP contribution in [-0.2, 0) is 14.3 Å². The van der Waals surface area contributed by atoms with Gasteiger partial charge >= 0.3 is 12.1 Å². The molecule has 0 radical (unpaired) electrons. The van der Waals surface area contributed by atoms with Crippen LogP contribution in [0.4, 0.5) is 4.79 Å². The molecule has 2 aromatic rings. The molecule has 0 fully saturated rings. The zero-order valence-corrected chi connectivity index (χ0v) is 18.5. The summed E-state index contributed by atoms with van der Waals surface area (Å²) in [6.07, 6.45) is -0.399. The average molecular weight is 440 g/mol. The monoisotopic (exact) mass is 439 g/mol. The van der Waals surface area contributed by atoms with Crippen LogP contribution in [0.5, 0.6) is 0 Å². The molecule has 3 rings (SSSR count). The Bertz CT molecular complexity index is 946. The Morgan fingerprint density at radius 3 is 2.09 bits per heavy atom. The summed E-state index contributed by atoms with van der Waals surface area (Å²) in [6.45, 7) is 2.03. The molecule has 1 aliphatic rings. The highest BCUT2D eigenvalue weighted by Gasteiger charge is 2.30. The number of rotatable bonds is 9. The number of carbonyl (C=O) groups excluding carboxylic acids is 2. The summed E-state index contributed by atoms with van der Waals surface area (Å²) in [5.41, 5.74) is 4.45. The molecule has 0 saturated heterocycles. The second kappa shape index (κ2) is 10.3. The minimum absolute atomic E-state index is 0.0887. The van der Waals surface area contributed by atoms with Gasteiger partial charge in [0, 0.05) is 5.92 Å². The van der Waals surface area contributed by atoms with E-state index in [1.807, 2.05) is 55.4 Å². The summed E-state index contributed by atoms with van der Waals surface area (Å²) in [4.78, 5) is 38.0. The Labute approximate surface area is 187 Å². The van der Waals surface area contributed by atoms with Crippen molar-refractivity contribution in [1.82, 2.24) is 15.5 Å². The van der Waals surface area contributed by atoms with E-state index < -0.39 is 30.1 Å². The number of benzene rings is 2. The molecule has 0 aliphatic heterocycles. The molecular formula is C24H29N3O5. The number of alkyl carbamates (subject to hydrolysis) is 1. The number of amides is 2. The second-order valence-electron chi connectivity index (χ2n) is 8.18. The van der Waals surface area contributed by atoms with Gasteiger partial charge in [0.1, 0.15) is 18.7 Å². The lowest BCUT2D eigenvalue weighted by Crippen LogP contribution is -2.51. The Hall–Kier alpha value is -3.39. The minimum Gasteiger partial charge on any atom is -0.480 e. The van der Waals surface area contributed by atoms with E-state index in [0.29, 0.717) is 13.0 Å². The molecule has 170 valence electrons. The Kier molecular flexibility index (Phi) is 7.48. The number of carboxylic acid groups (broad SMARTS) is 1. The van der Waals surface area contributed by atoms with E-state index in [9.17, 15) is 14.4 Å². The van der Waals surface area contributed by atoms with Gasteiger partial charge in [-0.1, -0.05) is 48.5 Å². The molecule has 8 nitrogen and oxygen atoms in total. The van der Waals surface area contributed by atoms with Crippen LogP contribution in [0.2, 0.25) is 0 Å². The fourth-order valence-electron chi connectivity index (χ4n) is 3.81. The van der Waals surface area contributed by atoms with Crippen molar-refractivity contribution in [3.8, 4) is 11.1 Å². The lowest BCUT2D eigenvalue weighted by atomic mass is 9.98. The Morgan fingerprint density at radius 1 is 1.00 bits per heavy atom. The Morgan fingerprint density at radius 2 is 1.56 bits per heavy atom. The van der Waals surface area contributed by atoms with E-state index in [1.165, 1.54) is 6.92 Å². The third-order valence-electron chi connectivity index (χ3n) is 5.55. The molecule has 0 spiro atoms. The van der Waals surface area contributed by atoms with E-state index in [0.717, 1.165) is 22.3 Å². The normalized spacial score (nSPS) is 14.2. The smallest absolute Gasteiger partial charge is 0.407 e. The van der Waals surface area contributed by atoms with E-state index in [4.69, 9.17) is 9.84 Å². The van der Waals surface area contributed by atoms with E-state index in [-0.39, 0.29) is 12.5 Å². The van der Waals surface area contributed by atoms with Crippen LogP contribution in [-0.4, -0.2) is 67.3 Å². The van der Waals surface area contributed by atoms with Gasteiger partial charge in [0.05, 0.1) is 0 Å². The first kappa shape index (κ1) is 23.3. The first-order chi connectivity index (χ1) is 15.3. The number of carbonyl (C=O) groups is 3. The molecule has 2 amide bonds. The molecule has 3 N–H and O–H groups in total. The summed E-state index contributed by atoms with van der Waals surface area (Å²) >= 11 is 0. The largest absolute Gasteiger partial charge is 0.480 e. The zero-order chi connectivity index (χ0) is 23.3. The van der Waals surface area contributed by atoms with Crippen LogP contribution in [0.25, 0.3) is 11.1 Å². The van der Waals surface area contributed by atoms with Crippen LogP contribution in [0, 0.1) is 0 Å². The minimum atomic E-state index is -1.15. The van der Waals surface area contributed by atoms with E-state index in [2.05, 4.69) is 22.8 Å². The van der Waals surface area contributed by atoms with Crippen LogP contribution in [0.1, 0.15) is 30.4 Å². The number of ether oxygens (including phenoxy) is 1. The van der Waals surface area contributed by atoms with Crippen LogP contribution in [0.15, 0.2) is 48.5 Å². The quantitative estimate of drug-likeness (QED) is 0.554. The number of fused-ring (bicyclic) bond motifs is 3. The van der Waals surface area contributed by atoms with Gasteiger partial charge in [0.25, 0.3) is 0 Å². The number of carboxylic acids is 1. The van der Waals surface area contributed by atoms with Crippen molar-refractivity contribution in [2.24, 2.45) is 0 Å². The maximum absolute atomic E-state index is 12.6. The lowest BCUT2D eigenvalue weighted by Gasteiger charge is -2.22. The highest BCUT2D eigenvalue weighted by atomic mass is 16.5. The average Bonchev–Trinajstić information content (AvgIpc) is 3.08. The molecule has 0 aromatic heterocycles.